The van der Waals surface area contributed by atoms with Gasteiger partial charge < -0.3 is 4.74 Å². The summed E-state index contributed by atoms with van der Waals surface area (Å²) in [7, 11) is 1.33. The monoisotopic (exact) mass is 351 g/mol. The van der Waals surface area contributed by atoms with E-state index in [0.29, 0.717) is 0 Å². The molecule has 2 rings (SSSR count). The SMILES string of the molecule is COC(=O)CCC(Cl)(Sc1ccccc1)C1(C(C)=O)C=CC=N1. The Morgan fingerprint density at radius 1 is 1.35 bits per heavy atom. The molecule has 0 bridgehead atoms. The summed E-state index contributed by atoms with van der Waals surface area (Å²) in [6.07, 6.45) is 5.35. The maximum atomic E-state index is 12.3. The van der Waals surface area contributed by atoms with Crippen molar-refractivity contribution in [2.45, 2.75) is 34.4 Å². The van der Waals surface area contributed by atoms with E-state index in [1.165, 1.54) is 25.8 Å². The second-order valence-electron chi connectivity index (χ2n) is 5.18. The van der Waals surface area contributed by atoms with E-state index in [1.54, 1.807) is 18.4 Å². The standard InChI is InChI=1S/C17H18ClNO3S/c1-13(20)16(10-6-12-19-16)17(18,11-9-15(21)22-2)23-14-7-4-3-5-8-14/h3-8,10,12H,9,11H2,1-2H3. The average Bonchev–Trinajstić information content (AvgIpc) is 3.05. The number of allylic oxidation sites excluding steroid dienone is 1. The van der Waals surface area contributed by atoms with Gasteiger partial charge in [-0.3, -0.25) is 14.6 Å². The highest BCUT2D eigenvalue weighted by atomic mass is 35.5. The third kappa shape index (κ3) is 3.67. The average molecular weight is 352 g/mol. The first-order chi connectivity index (χ1) is 10.9. The molecule has 4 nitrogen and oxygen atoms in total. The molecule has 0 N–H and O–H groups in total. The van der Waals surface area contributed by atoms with Gasteiger partial charge in [-0.25, -0.2) is 0 Å². The molecule has 0 spiro atoms. The van der Waals surface area contributed by atoms with Crippen molar-refractivity contribution in [2.24, 2.45) is 4.99 Å². The van der Waals surface area contributed by atoms with Crippen LogP contribution in [0.3, 0.4) is 0 Å². The zero-order valence-electron chi connectivity index (χ0n) is 13.0. The van der Waals surface area contributed by atoms with Crippen LogP contribution in [-0.2, 0) is 14.3 Å². The number of nitrogens with zero attached hydrogens (tertiary/aromatic N) is 1. The third-order valence-electron chi connectivity index (χ3n) is 3.71. The Labute approximate surface area is 145 Å². The number of alkyl halides is 1. The smallest absolute Gasteiger partial charge is 0.305 e. The molecule has 122 valence electrons. The number of methoxy groups -OCH3 is 1. The van der Waals surface area contributed by atoms with E-state index in [1.807, 2.05) is 30.3 Å². The fourth-order valence-corrected chi connectivity index (χ4v) is 4.34. The molecule has 2 atom stereocenters. The molecular formula is C17H18ClNO3S. The van der Waals surface area contributed by atoms with Gasteiger partial charge in [0, 0.05) is 17.5 Å². The Morgan fingerprint density at radius 2 is 2.04 bits per heavy atom. The second-order valence-corrected chi connectivity index (χ2v) is 7.42. The highest BCUT2D eigenvalue weighted by Gasteiger charge is 2.54. The Kier molecular flexibility index (Phi) is 5.65. The molecule has 1 aliphatic heterocycles. The molecule has 2 unspecified atom stereocenters. The zero-order chi connectivity index (χ0) is 16.9. The summed E-state index contributed by atoms with van der Waals surface area (Å²) in [6, 6.07) is 9.53. The Hall–Kier alpha value is -1.59. The number of hydrogen-bond acceptors (Lipinski definition) is 5. The summed E-state index contributed by atoms with van der Waals surface area (Å²) < 4.78 is 3.59. The maximum absolute atomic E-state index is 12.3. The number of esters is 1. The van der Waals surface area contributed by atoms with Gasteiger partial charge in [0.05, 0.1) is 7.11 Å². The van der Waals surface area contributed by atoms with Crippen molar-refractivity contribution >= 4 is 41.3 Å². The van der Waals surface area contributed by atoms with E-state index >= 15 is 0 Å². The summed E-state index contributed by atoms with van der Waals surface area (Å²) in [5.41, 5.74) is -1.19. The van der Waals surface area contributed by atoms with Crippen LogP contribution in [0.5, 0.6) is 0 Å². The minimum absolute atomic E-state index is 0.109. The fraction of sp³-hybridized carbons (Fsp3) is 0.353. The number of Topliss-reactive ketones (excluding diaryl/α,β-unsaturated/α-hetero) is 1. The molecule has 1 aromatic carbocycles. The minimum Gasteiger partial charge on any atom is -0.469 e. The number of ether oxygens (including phenoxy) is 1. The van der Waals surface area contributed by atoms with Crippen LogP contribution < -0.4 is 0 Å². The fourth-order valence-electron chi connectivity index (χ4n) is 2.44. The van der Waals surface area contributed by atoms with Gasteiger partial charge in [-0.05, 0) is 37.6 Å². The molecule has 0 aromatic heterocycles. The van der Waals surface area contributed by atoms with Crippen molar-refractivity contribution in [2.75, 3.05) is 7.11 Å². The highest BCUT2D eigenvalue weighted by Crippen LogP contribution is 2.51. The van der Waals surface area contributed by atoms with Crippen molar-refractivity contribution in [3.8, 4) is 0 Å². The Morgan fingerprint density at radius 3 is 2.57 bits per heavy atom. The normalized spacial score (nSPS) is 21.9. The van der Waals surface area contributed by atoms with Gasteiger partial charge in [-0.15, -0.1) is 11.6 Å². The Bertz CT molecular complexity index is 632. The molecule has 0 saturated heterocycles. The van der Waals surface area contributed by atoms with Crippen LogP contribution in [0.1, 0.15) is 19.8 Å². The van der Waals surface area contributed by atoms with Crippen molar-refractivity contribution in [3.05, 3.63) is 42.5 Å². The summed E-state index contributed by atoms with van der Waals surface area (Å²) in [6.45, 7) is 1.47. The number of benzene rings is 1. The van der Waals surface area contributed by atoms with Gasteiger partial charge in [0.25, 0.3) is 0 Å². The lowest BCUT2D eigenvalue weighted by Crippen LogP contribution is -2.49. The van der Waals surface area contributed by atoms with E-state index in [4.69, 9.17) is 16.3 Å². The molecule has 1 aromatic rings. The lowest BCUT2D eigenvalue weighted by atomic mass is 9.88. The number of rotatable bonds is 7. The first-order valence-corrected chi connectivity index (χ1v) is 8.37. The van der Waals surface area contributed by atoms with Crippen molar-refractivity contribution in [1.29, 1.82) is 0 Å². The van der Waals surface area contributed by atoms with Gasteiger partial charge >= 0.3 is 5.97 Å². The van der Waals surface area contributed by atoms with Gasteiger partial charge in [0.1, 0.15) is 4.21 Å². The number of thioether (sulfide) groups is 1. The van der Waals surface area contributed by atoms with Gasteiger partial charge in [-0.1, -0.05) is 30.0 Å². The van der Waals surface area contributed by atoms with Crippen LogP contribution in [0.15, 0.2) is 52.4 Å². The number of carbonyl (C=O) groups is 2. The summed E-state index contributed by atoms with van der Waals surface area (Å²) in [5, 5.41) is 0. The van der Waals surface area contributed by atoms with Crippen molar-refractivity contribution in [3.63, 3.8) is 0 Å². The van der Waals surface area contributed by atoms with Crippen LogP contribution in [0.25, 0.3) is 0 Å². The predicted molar refractivity (Wildman–Crippen MR) is 93.2 cm³/mol. The summed E-state index contributed by atoms with van der Waals surface area (Å²) in [4.78, 5) is 29.2. The third-order valence-corrected chi connectivity index (χ3v) is 5.76. The zero-order valence-corrected chi connectivity index (χ0v) is 14.6. The quantitative estimate of drug-likeness (QED) is 0.427. The second kappa shape index (κ2) is 7.32. The predicted octanol–water partition coefficient (Wildman–Crippen LogP) is 3.64. The number of carbonyl (C=O) groups excluding carboxylic acids is 2. The van der Waals surface area contributed by atoms with Crippen LogP contribution in [-0.4, -0.2) is 34.8 Å². The molecule has 1 heterocycles. The van der Waals surface area contributed by atoms with Gasteiger partial charge in [-0.2, -0.15) is 0 Å². The van der Waals surface area contributed by atoms with Crippen LogP contribution in [0.4, 0.5) is 0 Å². The highest BCUT2D eigenvalue weighted by molar-refractivity contribution is 8.02. The van der Waals surface area contributed by atoms with E-state index in [0.717, 1.165) is 4.90 Å². The molecule has 0 saturated carbocycles. The maximum Gasteiger partial charge on any atom is 0.305 e. The molecule has 1 aliphatic rings. The van der Waals surface area contributed by atoms with Gasteiger partial charge in [0.15, 0.2) is 11.3 Å². The molecule has 6 heteroatoms. The lowest BCUT2D eigenvalue weighted by molar-refractivity contribution is -0.141. The molecule has 23 heavy (non-hydrogen) atoms. The lowest BCUT2D eigenvalue weighted by Gasteiger charge is -2.38. The van der Waals surface area contributed by atoms with E-state index in [2.05, 4.69) is 4.99 Å². The first-order valence-electron chi connectivity index (χ1n) is 7.17. The number of hydrogen-bond donors (Lipinski definition) is 0. The van der Waals surface area contributed by atoms with Crippen LogP contribution >= 0.6 is 23.4 Å². The molecule has 0 amide bonds. The molecular weight excluding hydrogens is 334 g/mol. The van der Waals surface area contributed by atoms with Gasteiger partial charge in [0.2, 0.25) is 0 Å². The molecule has 0 fully saturated rings. The van der Waals surface area contributed by atoms with Crippen molar-refractivity contribution in [1.82, 2.24) is 0 Å². The minimum atomic E-state index is -1.19. The summed E-state index contributed by atoms with van der Waals surface area (Å²) in [5.74, 6) is -0.529. The van der Waals surface area contributed by atoms with E-state index < -0.39 is 9.75 Å². The summed E-state index contributed by atoms with van der Waals surface area (Å²) >= 11 is 8.24. The number of aliphatic imine (C=N–C) groups is 1. The van der Waals surface area contributed by atoms with Crippen molar-refractivity contribution < 1.29 is 14.3 Å². The van der Waals surface area contributed by atoms with E-state index in [-0.39, 0.29) is 24.6 Å². The molecule has 0 aliphatic carbocycles. The van der Waals surface area contributed by atoms with Crippen LogP contribution in [0, 0.1) is 0 Å². The number of halogens is 1. The number of ketones is 1. The molecule has 0 radical (unpaired) electrons. The van der Waals surface area contributed by atoms with Crippen LogP contribution in [0.2, 0.25) is 0 Å². The first kappa shape index (κ1) is 17.8. The largest absolute Gasteiger partial charge is 0.469 e. The van der Waals surface area contributed by atoms with E-state index in [9.17, 15) is 9.59 Å². The topological polar surface area (TPSA) is 55.7 Å². The Balaban J connectivity index is 2.38.